The summed E-state index contributed by atoms with van der Waals surface area (Å²) in [6, 6.07) is 0.108. The van der Waals surface area contributed by atoms with Crippen LogP contribution >= 0.6 is 0 Å². The average molecular weight is 213 g/mol. The molecule has 0 fully saturated rings. The molecule has 6 heteroatoms. The van der Waals surface area contributed by atoms with Gasteiger partial charge in [0.05, 0.1) is 11.6 Å². The van der Waals surface area contributed by atoms with Crippen molar-refractivity contribution in [3.05, 3.63) is 5.82 Å². The van der Waals surface area contributed by atoms with Crippen LogP contribution in [0.3, 0.4) is 0 Å². The second kappa shape index (κ2) is 5.18. The van der Waals surface area contributed by atoms with Crippen molar-refractivity contribution >= 4 is 0 Å². The zero-order valence-electron chi connectivity index (χ0n) is 9.74. The third kappa shape index (κ3) is 3.93. The fourth-order valence-corrected chi connectivity index (χ4v) is 1.14. The Labute approximate surface area is 89.8 Å². The molecule has 0 saturated carbocycles. The first-order chi connectivity index (χ1) is 7.05. The molecular formula is C9H19N5O. The van der Waals surface area contributed by atoms with Gasteiger partial charge in [-0.1, -0.05) is 5.21 Å². The summed E-state index contributed by atoms with van der Waals surface area (Å²) in [4.78, 5) is 0. The quantitative estimate of drug-likeness (QED) is 0.726. The molecule has 15 heavy (non-hydrogen) atoms. The molecule has 1 aromatic rings. The standard InChI is InChI=1S/C9H19N5O/c1-7(8-11-13-14-12-8)10-6-5-9(2,3)15-4/h7,10H,5-6H2,1-4H3,(H,11,12,13,14). The highest BCUT2D eigenvalue weighted by Crippen LogP contribution is 2.12. The first-order valence-corrected chi connectivity index (χ1v) is 5.07. The third-order valence-electron chi connectivity index (χ3n) is 2.48. The molecule has 6 nitrogen and oxygen atoms in total. The van der Waals surface area contributed by atoms with Crippen LogP contribution in [0, 0.1) is 0 Å². The van der Waals surface area contributed by atoms with E-state index in [-0.39, 0.29) is 11.6 Å². The van der Waals surface area contributed by atoms with E-state index in [2.05, 4.69) is 39.8 Å². The summed E-state index contributed by atoms with van der Waals surface area (Å²) >= 11 is 0. The number of nitrogens with one attached hydrogen (secondary N) is 2. The van der Waals surface area contributed by atoms with Crippen molar-refractivity contribution in [2.45, 2.75) is 38.8 Å². The fourth-order valence-electron chi connectivity index (χ4n) is 1.14. The highest BCUT2D eigenvalue weighted by atomic mass is 16.5. The average Bonchev–Trinajstić information content (AvgIpc) is 2.70. The van der Waals surface area contributed by atoms with Gasteiger partial charge >= 0.3 is 0 Å². The molecule has 0 amide bonds. The Kier molecular flexibility index (Phi) is 4.16. The van der Waals surface area contributed by atoms with E-state index < -0.39 is 0 Å². The van der Waals surface area contributed by atoms with Gasteiger partial charge in [0.15, 0.2) is 5.82 Å². The maximum atomic E-state index is 5.32. The van der Waals surface area contributed by atoms with Crippen molar-refractivity contribution in [2.24, 2.45) is 0 Å². The van der Waals surface area contributed by atoms with Crippen LogP contribution in [0.2, 0.25) is 0 Å². The first kappa shape index (κ1) is 12.1. The van der Waals surface area contributed by atoms with E-state index in [9.17, 15) is 0 Å². The maximum absolute atomic E-state index is 5.32. The van der Waals surface area contributed by atoms with Crippen LogP contribution in [-0.2, 0) is 4.74 Å². The molecule has 1 unspecified atom stereocenters. The van der Waals surface area contributed by atoms with Crippen LogP contribution in [-0.4, -0.2) is 39.9 Å². The number of rotatable bonds is 6. The van der Waals surface area contributed by atoms with Gasteiger partial charge in [0.1, 0.15) is 0 Å². The zero-order valence-corrected chi connectivity index (χ0v) is 9.74. The van der Waals surface area contributed by atoms with Gasteiger partial charge in [-0.15, -0.1) is 10.2 Å². The molecule has 0 aliphatic carbocycles. The number of hydrogen-bond donors (Lipinski definition) is 2. The minimum absolute atomic E-state index is 0.0933. The molecule has 0 saturated heterocycles. The van der Waals surface area contributed by atoms with Crippen LogP contribution in [0.5, 0.6) is 0 Å². The lowest BCUT2D eigenvalue weighted by Crippen LogP contribution is -2.30. The molecule has 0 radical (unpaired) electrons. The van der Waals surface area contributed by atoms with E-state index in [4.69, 9.17) is 4.74 Å². The smallest absolute Gasteiger partial charge is 0.191 e. The lowest BCUT2D eigenvalue weighted by molar-refractivity contribution is 0.0154. The molecule has 86 valence electrons. The molecule has 0 aromatic carbocycles. The largest absolute Gasteiger partial charge is 0.379 e. The van der Waals surface area contributed by atoms with Crippen LogP contribution in [0.1, 0.15) is 39.1 Å². The lowest BCUT2D eigenvalue weighted by Gasteiger charge is -2.23. The Morgan fingerprint density at radius 1 is 1.53 bits per heavy atom. The van der Waals surface area contributed by atoms with Gasteiger partial charge in [0.25, 0.3) is 0 Å². The van der Waals surface area contributed by atoms with Crippen LogP contribution in [0.15, 0.2) is 0 Å². The minimum atomic E-state index is -0.0933. The summed E-state index contributed by atoms with van der Waals surface area (Å²) in [7, 11) is 1.72. The highest BCUT2D eigenvalue weighted by Gasteiger charge is 2.17. The highest BCUT2D eigenvalue weighted by molar-refractivity contribution is 4.86. The van der Waals surface area contributed by atoms with E-state index in [1.165, 1.54) is 0 Å². The summed E-state index contributed by atoms with van der Waals surface area (Å²) < 4.78 is 5.32. The number of aromatic amines is 1. The number of H-pyrrole nitrogens is 1. The zero-order chi connectivity index (χ0) is 11.3. The summed E-state index contributed by atoms with van der Waals surface area (Å²) in [5, 5.41) is 17.1. The number of tetrazole rings is 1. The number of hydrogen-bond acceptors (Lipinski definition) is 5. The number of aromatic nitrogens is 4. The molecule has 1 heterocycles. The van der Waals surface area contributed by atoms with Crippen LogP contribution in [0.25, 0.3) is 0 Å². The molecule has 1 rings (SSSR count). The predicted molar refractivity (Wildman–Crippen MR) is 56.3 cm³/mol. The lowest BCUT2D eigenvalue weighted by atomic mass is 10.1. The summed E-state index contributed by atoms with van der Waals surface area (Å²) in [5.74, 6) is 0.685. The Hall–Kier alpha value is -1.01. The Balaban J connectivity index is 2.26. The second-order valence-corrected chi connectivity index (χ2v) is 4.16. The van der Waals surface area contributed by atoms with Gasteiger partial charge in [0.2, 0.25) is 0 Å². The monoisotopic (exact) mass is 213 g/mol. The van der Waals surface area contributed by atoms with Crippen molar-refractivity contribution < 1.29 is 4.74 Å². The van der Waals surface area contributed by atoms with Gasteiger partial charge in [-0.3, -0.25) is 0 Å². The maximum Gasteiger partial charge on any atom is 0.191 e. The van der Waals surface area contributed by atoms with Crippen LogP contribution < -0.4 is 5.32 Å². The number of ether oxygens (including phenoxy) is 1. The fraction of sp³-hybridized carbons (Fsp3) is 0.889. The van der Waals surface area contributed by atoms with E-state index in [0.717, 1.165) is 13.0 Å². The molecule has 1 aromatic heterocycles. The van der Waals surface area contributed by atoms with E-state index >= 15 is 0 Å². The number of nitrogens with zero attached hydrogens (tertiary/aromatic N) is 3. The van der Waals surface area contributed by atoms with Crippen molar-refractivity contribution in [3.8, 4) is 0 Å². The molecule has 2 N–H and O–H groups in total. The predicted octanol–water partition coefficient (Wildman–Crippen LogP) is 0.665. The molecule has 1 atom stereocenters. The van der Waals surface area contributed by atoms with Crippen LogP contribution in [0.4, 0.5) is 0 Å². The third-order valence-corrected chi connectivity index (χ3v) is 2.48. The van der Waals surface area contributed by atoms with Gasteiger partial charge in [-0.2, -0.15) is 5.21 Å². The molecule has 0 spiro atoms. The Morgan fingerprint density at radius 2 is 2.27 bits per heavy atom. The molecular weight excluding hydrogens is 194 g/mol. The van der Waals surface area contributed by atoms with Gasteiger partial charge in [-0.05, 0) is 33.7 Å². The van der Waals surface area contributed by atoms with Gasteiger partial charge < -0.3 is 10.1 Å². The molecule has 0 aliphatic heterocycles. The van der Waals surface area contributed by atoms with Gasteiger partial charge in [0, 0.05) is 7.11 Å². The van der Waals surface area contributed by atoms with Crippen molar-refractivity contribution in [1.82, 2.24) is 25.9 Å². The Bertz CT molecular complexity index is 272. The van der Waals surface area contributed by atoms with Crippen molar-refractivity contribution in [1.29, 1.82) is 0 Å². The summed E-state index contributed by atoms with van der Waals surface area (Å²) in [5.41, 5.74) is -0.0933. The van der Waals surface area contributed by atoms with Gasteiger partial charge in [-0.25, -0.2) is 0 Å². The van der Waals surface area contributed by atoms with E-state index in [1.54, 1.807) is 7.11 Å². The van der Waals surface area contributed by atoms with Crippen molar-refractivity contribution in [3.63, 3.8) is 0 Å². The molecule has 0 aliphatic rings. The SMILES string of the molecule is COC(C)(C)CCNC(C)c1nn[nH]n1. The van der Waals surface area contributed by atoms with E-state index in [0.29, 0.717) is 5.82 Å². The van der Waals surface area contributed by atoms with Crippen molar-refractivity contribution in [2.75, 3.05) is 13.7 Å². The number of methoxy groups -OCH3 is 1. The second-order valence-electron chi connectivity index (χ2n) is 4.16. The summed E-state index contributed by atoms with van der Waals surface area (Å²) in [6.45, 7) is 6.99. The Morgan fingerprint density at radius 3 is 2.80 bits per heavy atom. The minimum Gasteiger partial charge on any atom is -0.379 e. The first-order valence-electron chi connectivity index (χ1n) is 5.07. The molecule has 0 bridgehead atoms. The summed E-state index contributed by atoms with van der Waals surface area (Å²) in [6.07, 6.45) is 0.936. The normalized spacial score (nSPS) is 14.1. The van der Waals surface area contributed by atoms with E-state index in [1.807, 2.05) is 6.92 Å². The topological polar surface area (TPSA) is 75.7 Å².